The zero-order valence-corrected chi connectivity index (χ0v) is 13.8. The molecule has 1 unspecified atom stereocenters. The van der Waals surface area contributed by atoms with Crippen molar-refractivity contribution in [2.24, 2.45) is 0 Å². The largest absolute Gasteiger partial charge is 0.370 e. The second kappa shape index (κ2) is 5.84. The molecule has 0 aromatic heterocycles. The van der Waals surface area contributed by atoms with Gasteiger partial charge in [0.2, 0.25) is 0 Å². The SMILES string of the molecule is CC1=CC(c2cc(-c3ccccc3)ccc2C)N(C)C=C1C. The Morgan fingerprint density at radius 1 is 0.818 bits per heavy atom. The average Bonchev–Trinajstić information content (AvgIpc) is 2.52. The standard InChI is InChI=1S/C21H23N/c1-15-10-11-19(18-8-6-5-7-9-18)13-20(15)21-12-16(2)17(3)14-22(21)4/h5-14,21H,1-4H3. The van der Waals surface area contributed by atoms with Crippen molar-refractivity contribution in [1.82, 2.24) is 4.90 Å². The van der Waals surface area contributed by atoms with Crippen LogP contribution in [-0.2, 0) is 0 Å². The summed E-state index contributed by atoms with van der Waals surface area (Å²) in [6, 6.07) is 17.7. The van der Waals surface area contributed by atoms with Crippen LogP contribution in [0.3, 0.4) is 0 Å². The van der Waals surface area contributed by atoms with Gasteiger partial charge in [0.15, 0.2) is 0 Å². The number of allylic oxidation sites excluding steroid dienone is 2. The Balaban J connectivity index is 2.05. The number of hydrogen-bond acceptors (Lipinski definition) is 1. The number of rotatable bonds is 2. The Morgan fingerprint density at radius 3 is 2.27 bits per heavy atom. The summed E-state index contributed by atoms with van der Waals surface area (Å²) in [5, 5.41) is 0. The summed E-state index contributed by atoms with van der Waals surface area (Å²) in [4.78, 5) is 2.31. The van der Waals surface area contributed by atoms with Crippen LogP contribution in [0.5, 0.6) is 0 Å². The lowest BCUT2D eigenvalue weighted by Gasteiger charge is -2.31. The summed E-state index contributed by atoms with van der Waals surface area (Å²) in [5.41, 5.74) is 7.99. The molecule has 1 heteroatoms. The van der Waals surface area contributed by atoms with Gasteiger partial charge < -0.3 is 4.90 Å². The van der Waals surface area contributed by atoms with Crippen molar-refractivity contribution in [1.29, 1.82) is 0 Å². The summed E-state index contributed by atoms with van der Waals surface area (Å²) in [5.74, 6) is 0. The van der Waals surface area contributed by atoms with Crippen LogP contribution in [-0.4, -0.2) is 11.9 Å². The first-order valence-electron chi connectivity index (χ1n) is 7.81. The van der Waals surface area contributed by atoms with E-state index < -0.39 is 0 Å². The number of likely N-dealkylation sites (N-methyl/N-ethyl adjacent to an activating group) is 1. The molecule has 0 spiro atoms. The molecule has 1 aliphatic heterocycles. The molecular weight excluding hydrogens is 266 g/mol. The van der Waals surface area contributed by atoms with Crippen LogP contribution in [0.1, 0.15) is 31.0 Å². The van der Waals surface area contributed by atoms with E-state index in [9.17, 15) is 0 Å². The molecule has 1 atom stereocenters. The normalized spacial score (nSPS) is 18.0. The van der Waals surface area contributed by atoms with E-state index in [4.69, 9.17) is 0 Å². The maximum Gasteiger partial charge on any atom is 0.0726 e. The van der Waals surface area contributed by atoms with E-state index in [-0.39, 0.29) is 0 Å². The Kier molecular flexibility index (Phi) is 3.89. The Bertz CT molecular complexity index is 738. The van der Waals surface area contributed by atoms with Crippen molar-refractivity contribution in [2.75, 3.05) is 7.05 Å². The molecule has 1 nitrogen and oxygen atoms in total. The summed E-state index contributed by atoms with van der Waals surface area (Å²) >= 11 is 0. The summed E-state index contributed by atoms with van der Waals surface area (Å²) in [7, 11) is 2.16. The van der Waals surface area contributed by atoms with Gasteiger partial charge in [-0.15, -0.1) is 0 Å². The summed E-state index contributed by atoms with van der Waals surface area (Å²) in [6.07, 6.45) is 4.61. The second-order valence-corrected chi connectivity index (χ2v) is 6.21. The van der Waals surface area contributed by atoms with E-state index in [1.807, 2.05) is 0 Å². The topological polar surface area (TPSA) is 3.24 Å². The van der Waals surface area contributed by atoms with Crippen molar-refractivity contribution >= 4 is 0 Å². The van der Waals surface area contributed by atoms with Crippen LogP contribution in [0.2, 0.25) is 0 Å². The van der Waals surface area contributed by atoms with E-state index >= 15 is 0 Å². The molecule has 0 radical (unpaired) electrons. The van der Waals surface area contributed by atoms with Gasteiger partial charge in [0.25, 0.3) is 0 Å². The zero-order chi connectivity index (χ0) is 15.7. The van der Waals surface area contributed by atoms with E-state index in [1.165, 1.54) is 33.4 Å². The molecule has 22 heavy (non-hydrogen) atoms. The maximum absolute atomic E-state index is 2.37. The molecule has 1 aliphatic rings. The average molecular weight is 289 g/mol. The third kappa shape index (κ3) is 2.71. The molecule has 0 aliphatic carbocycles. The van der Waals surface area contributed by atoms with E-state index in [2.05, 4.69) is 93.5 Å². The molecule has 0 fully saturated rings. The monoisotopic (exact) mass is 289 g/mol. The third-order valence-corrected chi connectivity index (χ3v) is 4.57. The highest BCUT2D eigenvalue weighted by atomic mass is 15.1. The Hall–Kier alpha value is -2.28. The summed E-state index contributed by atoms with van der Waals surface area (Å²) in [6.45, 7) is 6.57. The fourth-order valence-corrected chi connectivity index (χ4v) is 3.05. The molecule has 0 N–H and O–H groups in total. The van der Waals surface area contributed by atoms with Crippen LogP contribution in [0.25, 0.3) is 11.1 Å². The van der Waals surface area contributed by atoms with Crippen molar-refractivity contribution in [3.05, 3.63) is 83.1 Å². The summed E-state index contributed by atoms with van der Waals surface area (Å²) < 4.78 is 0. The Morgan fingerprint density at radius 2 is 1.55 bits per heavy atom. The van der Waals surface area contributed by atoms with E-state index in [0.29, 0.717) is 6.04 Å². The van der Waals surface area contributed by atoms with Crippen molar-refractivity contribution in [2.45, 2.75) is 26.8 Å². The van der Waals surface area contributed by atoms with Crippen LogP contribution in [0, 0.1) is 6.92 Å². The molecule has 112 valence electrons. The van der Waals surface area contributed by atoms with Gasteiger partial charge in [0.1, 0.15) is 0 Å². The van der Waals surface area contributed by atoms with Crippen LogP contribution >= 0.6 is 0 Å². The van der Waals surface area contributed by atoms with E-state index in [1.54, 1.807) is 0 Å². The van der Waals surface area contributed by atoms with Gasteiger partial charge >= 0.3 is 0 Å². The predicted octanol–water partition coefficient (Wildman–Crippen LogP) is 5.50. The van der Waals surface area contributed by atoms with Gasteiger partial charge in [0, 0.05) is 13.2 Å². The molecule has 2 aromatic rings. The minimum absolute atomic E-state index is 0.312. The number of aryl methyl sites for hydroxylation is 1. The molecule has 1 heterocycles. The fourth-order valence-electron chi connectivity index (χ4n) is 3.05. The van der Waals surface area contributed by atoms with Gasteiger partial charge in [0.05, 0.1) is 6.04 Å². The first kappa shape index (κ1) is 14.6. The lowest BCUT2D eigenvalue weighted by atomic mass is 9.91. The quantitative estimate of drug-likeness (QED) is 0.705. The lowest BCUT2D eigenvalue weighted by molar-refractivity contribution is 0.382. The van der Waals surface area contributed by atoms with Gasteiger partial charge in [-0.1, -0.05) is 48.5 Å². The highest BCUT2D eigenvalue weighted by Gasteiger charge is 2.19. The molecule has 0 bridgehead atoms. The van der Waals surface area contributed by atoms with Crippen LogP contribution < -0.4 is 0 Å². The first-order valence-corrected chi connectivity index (χ1v) is 7.81. The Labute approximate surface area is 133 Å². The molecule has 0 saturated carbocycles. The van der Waals surface area contributed by atoms with Gasteiger partial charge in [-0.05, 0) is 60.2 Å². The highest BCUT2D eigenvalue weighted by Crippen LogP contribution is 2.33. The van der Waals surface area contributed by atoms with Gasteiger partial charge in [-0.25, -0.2) is 0 Å². The highest BCUT2D eigenvalue weighted by molar-refractivity contribution is 5.65. The smallest absolute Gasteiger partial charge is 0.0726 e. The number of hydrogen-bond donors (Lipinski definition) is 0. The third-order valence-electron chi connectivity index (χ3n) is 4.57. The fraction of sp³-hybridized carbons (Fsp3) is 0.238. The van der Waals surface area contributed by atoms with Crippen molar-refractivity contribution in [3.8, 4) is 11.1 Å². The molecule has 0 amide bonds. The van der Waals surface area contributed by atoms with Crippen LogP contribution in [0.15, 0.2) is 72.0 Å². The second-order valence-electron chi connectivity index (χ2n) is 6.21. The molecular formula is C21H23N. The molecule has 3 rings (SSSR count). The molecule has 2 aromatic carbocycles. The first-order chi connectivity index (χ1) is 10.6. The van der Waals surface area contributed by atoms with E-state index in [0.717, 1.165) is 0 Å². The molecule has 0 saturated heterocycles. The minimum atomic E-state index is 0.312. The number of benzene rings is 2. The van der Waals surface area contributed by atoms with Crippen molar-refractivity contribution < 1.29 is 0 Å². The predicted molar refractivity (Wildman–Crippen MR) is 94.6 cm³/mol. The van der Waals surface area contributed by atoms with Gasteiger partial charge in [-0.2, -0.15) is 0 Å². The van der Waals surface area contributed by atoms with Gasteiger partial charge in [-0.3, -0.25) is 0 Å². The van der Waals surface area contributed by atoms with Crippen LogP contribution in [0.4, 0.5) is 0 Å². The minimum Gasteiger partial charge on any atom is -0.370 e. The lowest BCUT2D eigenvalue weighted by Crippen LogP contribution is -2.22. The van der Waals surface area contributed by atoms with Crippen molar-refractivity contribution in [3.63, 3.8) is 0 Å². The zero-order valence-electron chi connectivity index (χ0n) is 13.8. The maximum atomic E-state index is 2.37. The number of nitrogens with zero attached hydrogens (tertiary/aromatic N) is 1.